The molecule has 1 atom stereocenters. The molecule has 158 valence electrons. The Bertz CT molecular complexity index is 1110. The minimum Gasteiger partial charge on any atom is -0.462 e. The van der Waals surface area contributed by atoms with E-state index in [-0.39, 0.29) is 17.6 Å². The van der Waals surface area contributed by atoms with E-state index in [1.807, 2.05) is 0 Å². The number of halogens is 2. The number of carbonyl (C=O) groups excluding carboxylic acids is 2. The van der Waals surface area contributed by atoms with Gasteiger partial charge in [0, 0.05) is 5.56 Å². The van der Waals surface area contributed by atoms with E-state index in [0.717, 1.165) is 6.29 Å². The lowest BCUT2D eigenvalue weighted by molar-refractivity contribution is -0.154. The third kappa shape index (κ3) is 4.46. The van der Waals surface area contributed by atoms with Crippen molar-refractivity contribution in [1.29, 1.82) is 0 Å². The number of H-pyrrole nitrogens is 1. The van der Waals surface area contributed by atoms with Gasteiger partial charge in [-0.1, -0.05) is 23.7 Å². The van der Waals surface area contributed by atoms with Crippen LogP contribution in [0, 0.1) is 11.2 Å². The van der Waals surface area contributed by atoms with Gasteiger partial charge in [0.1, 0.15) is 17.9 Å². The van der Waals surface area contributed by atoms with Crippen molar-refractivity contribution in [2.75, 3.05) is 11.9 Å². The summed E-state index contributed by atoms with van der Waals surface area (Å²) in [4.78, 5) is 31.2. The Labute approximate surface area is 178 Å². The van der Waals surface area contributed by atoms with Gasteiger partial charge < -0.3 is 15.0 Å². The topological polar surface area (TPSA) is 84.1 Å². The zero-order valence-electron chi connectivity index (χ0n) is 17.2. The van der Waals surface area contributed by atoms with Gasteiger partial charge in [-0.2, -0.15) is 0 Å². The van der Waals surface area contributed by atoms with Crippen LogP contribution < -0.4 is 5.32 Å². The summed E-state index contributed by atoms with van der Waals surface area (Å²) >= 11 is 5.99. The molecule has 0 aliphatic heterocycles. The molecular weight excluding hydrogens is 409 g/mol. The zero-order valence-corrected chi connectivity index (χ0v) is 17.9. The average Bonchev–Trinajstić information content (AvgIpc) is 3.09. The van der Waals surface area contributed by atoms with Crippen LogP contribution in [0.15, 0.2) is 36.4 Å². The van der Waals surface area contributed by atoms with Gasteiger partial charge in [-0.15, -0.1) is 0 Å². The molecule has 0 saturated heterocycles. The summed E-state index contributed by atoms with van der Waals surface area (Å²) in [5.41, 5.74) is 0.580. The highest BCUT2D eigenvalue weighted by molar-refractivity contribution is 6.30. The van der Waals surface area contributed by atoms with Crippen LogP contribution in [0.1, 0.15) is 43.6 Å². The van der Waals surface area contributed by atoms with Crippen LogP contribution >= 0.6 is 11.6 Å². The second kappa shape index (κ2) is 8.07. The summed E-state index contributed by atoms with van der Waals surface area (Å²) in [7, 11) is 0. The molecule has 30 heavy (non-hydrogen) atoms. The number of carbonyl (C=O) groups is 2. The minimum atomic E-state index is -0.979. The molecule has 0 spiro atoms. The van der Waals surface area contributed by atoms with Crippen molar-refractivity contribution in [3.63, 3.8) is 0 Å². The maximum atomic E-state index is 13.7. The summed E-state index contributed by atoms with van der Waals surface area (Å²) in [5.74, 6) is -0.556. The molecule has 1 aromatic heterocycles. The molecule has 8 heteroatoms. The Morgan fingerprint density at radius 1 is 1.27 bits per heavy atom. The smallest absolute Gasteiger partial charge is 0.311 e. The van der Waals surface area contributed by atoms with Crippen molar-refractivity contribution in [2.24, 2.45) is 5.41 Å². The molecular formula is C22H23ClFN3O3. The van der Waals surface area contributed by atoms with Crippen LogP contribution in [0.25, 0.3) is 11.0 Å². The molecule has 2 N–H and O–H groups in total. The van der Waals surface area contributed by atoms with Gasteiger partial charge in [0.05, 0.1) is 21.5 Å². The molecule has 0 bridgehead atoms. The van der Waals surface area contributed by atoms with Gasteiger partial charge >= 0.3 is 5.97 Å². The second-order valence-corrected chi connectivity index (χ2v) is 8.77. The summed E-state index contributed by atoms with van der Waals surface area (Å²) in [6.07, 6.45) is 0.733. The number of aromatic nitrogens is 2. The fourth-order valence-electron chi connectivity index (χ4n) is 2.93. The van der Waals surface area contributed by atoms with Crippen molar-refractivity contribution in [1.82, 2.24) is 9.97 Å². The summed E-state index contributed by atoms with van der Waals surface area (Å²) < 4.78 is 19.3. The van der Waals surface area contributed by atoms with Crippen molar-refractivity contribution in [3.05, 3.63) is 58.4 Å². The van der Waals surface area contributed by atoms with E-state index in [4.69, 9.17) is 16.3 Å². The molecule has 0 aliphatic rings. The highest BCUT2D eigenvalue weighted by atomic mass is 35.5. The highest BCUT2D eigenvalue weighted by Crippen LogP contribution is 2.31. The highest BCUT2D eigenvalue weighted by Gasteiger charge is 2.33. The Balaban J connectivity index is 1.99. The number of ether oxygens (including phenoxy) is 1. The predicted molar refractivity (Wildman–Crippen MR) is 114 cm³/mol. The normalized spacial score (nSPS) is 13.7. The molecule has 0 amide bonds. The van der Waals surface area contributed by atoms with Gasteiger partial charge in [-0.05, 0) is 57.5 Å². The summed E-state index contributed by atoms with van der Waals surface area (Å²) in [5, 5.41) is 3.18. The first-order valence-electron chi connectivity index (χ1n) is 9.38. The maximum Gasteiger partial charge on any atom is 0.311 e. The number of aldehydes is 1. The molecule has 3 rings (SSSR count). The van der Waals surface area contributed by atoms with Gasteiger partial charge in [0.2, 0.25) is 5.95 Å². The molecule has 3 aromatic rings. The number of fused-ring (bicyclic) bond motifs is 1. The van der Waals surface area contributed by atoms with Crippen molar-refractivity contribution in [2.45, 2.75) is 33.2 Å². The Hall–Kier alpha value is -2.93. The number of esters is 1. The number of imidazole rings is 1. The Kier molecular flexibility index (Phi) is 5.85. The molecule has 0 aliphatic carbocycles. The second-order valence-electron chi connectivity index (χ2n) is 8.36. The number of anilines is 1. The lowest BCUT2D eigenvalue weighted by Crippen LogP contribution is -2.40. The number of aromatic amines is 1. The molecule has 6 nitrogen and oxygen atoms in total. The van der Waals surface area contributed by atoms with Crippen LogP contribution in [-0.4, -0.2) is 28.8 Å². The van der Waals surface area contributed by atoms with Crippen LogP contribution in [0.2, 0.25) is 5.02 Å². The van der Waals surface area contributed by atoms with Crippen LogP contribution in [-0.2, 0) is 15.1 Å². The van der Waals surface area contributed by atoms with Crippen LogP contribution in [0.5, 0.6) is 0 Å². The molecule has 0 fully saturated rings. The molecule has 1 unspecified atom stereocenters. The Morgan fingerprint density at radius 2 is 2.00 bits per heavy atom. The number of hydrogen-bond donors (Lipinski definition) is 2. The summed E-state index contributed by atoms with van der Waals surface area (Å²) in [6, 6.07) is 9.52. The Morgan fingerprint density at radius 3 is 2.63 bits per heavy atom. The number of nitrogens with one attached hydrogen (secondary N) is 2. The molecule has 0 radical (unpaired) electrons. The van der Waals surface area contributed by atoms with E-state index in [0.29, 0.717) is 28.1 Å². The van der Waals surface area contributed by atoms with Crippen LogP contribution in [0.4, 0.5) is 10.3 Å². The van der Waals surface area contributed by atoms with E-state index in [9.17, 15) is 14.0 Å². The number of nitrogens with zero attached hydrogens (tertiary/aromatic N) is 1. The van der Waals surface area contributed by atoms with Crippen molar-refractivity contribution in [3.8, 4) is 0 Å². The average molecular weight is 432 g/mol. The van der Waals surface area contributed by atoms with E-state index in [2.05, 4.69) is 15.3 Å². The van der Waals surface area contributed by atoms with E-state index >= 15 is 0 Å². The fraction of sp³-hybridized carbons (Fsp3) is 0.318. The maximum absolute atomic E-state index is 13.7. The zero-order chi connectivity index (χ0) is 22.1. The monoisotopic (exact) mass is 431 g/mol. The SMILES string of the molecule is CC(C)(C)C(=O)OCC(C)(Nc1nc2c(C=O)cccc2[nH]1)c1ccc(F)c(Cl)c1. The third-order valence-electron chi connectivity index (χ3n) is 4.73. The lowest BCUT2D eigenvalue weighted by Gasteiger charge is -2.32. The number of benzene rings is 2. The number of para-hydroxylation sites is 1. The minimum absolute atomic E-state index is 0.0458. The first-order valence-corrected chi connectivity index (χ1v) is 9.76. The van der Waals surface area contributed by atoms with Gasteiger partial charge in [0.15, 0.2) is 6.29 Å². The van der Waals surface area contributed by atoms with E-state index in [1.165, 1.54) is 12.1 Å². The quantitative estimate of drug-likeness (QED) is 0.419. The van der Waals surface area contributed by atoms with Crippen molar-refractivity contribution < 1.29 is 18.7 Å². The number of hydrogen-bond acceptors (Lipinski definition) is 5. The molecule has 1 heterocycles. The largest absolute Gasteiger partial charge is 0.462 e. The van der Waals surface area contributed by atoms with Gasteiger partial charge in [-0.25, -0.2) is 9.37 Å². The van der Waals surface area contributed by atoms with Gasteiger partial charge in [0.25, 0.3) is 0 Å². The van der Waals surface area contributed by atoms with Gasteiger partial charge in [-0.3, -0.25) is 9.59 Å². The summed E-state index contributed by atoms with van der Waals surface area (Å²) in [6.45, 7) is 7.02. The lowest BCUT2D eigenvalue weighted by atomic mass is 9.92. The van der Waals surface area contributed by atoms with Crippen molar-refractivity contribution >= 4 is 40.8 Å². The molecule has 0 saturated carbocycles. The first kappa shape index (κ1) is 21.8. The van der Waals surface area contributed by atoms with E-state index < -0.39 is 16.8 Å². The predicted octanol–water partition coefficient (Wildman–Crippen LogP) is 5.08. The fourth-order valence-corrected chi connectivity index (χ4v) is 3.11. The number of rotatable bonds is 6. The van der Waals surface area contributed by atoms with E-state index in [1.54, 1.807) is 52.0 Å². The van der Waals surface area contributed by atoms with Crippen LogP contribution in [0.3, 0.4) is 0 Å². The standard InChI is InChI=1S/C22H23ClFN3O3/c1-21(2,3)19(29)30-12-22(4,14-8-9-16(24)15(23)10-14)27-20-25-17-7-5-6-13(11-28)18(17)26-20/h5-11H,12H2,1-4H3,(H2,25,26,27). The third-order valence-corrected chi connectivity index (χ3v) is 5.02. The molecule has 2 aromatic carbocycles. The first-order chi connectivity index (χ1) is 14.0.